The molecule has 2 aromatic heterocycles. The van der Waals surface area contributed by atoms with Gasteiger partial charge >= 0.3 is 5.97 Å². The third-order valence-electron chi connectivity index (χ3n) is 4.72. The first-order valence-corrected chi connectivity index (χ1v) is 10.1. The number of pyridine rings is 1. The first-order valence-electron chi connectivity index (χ1n) is 8.51. The van der Waals surface area contributed by atoms with E-state index < -0.39 is 16.0 Å². The van der Waals surface area contributed by atoms with Crippen LogP contribution in [0.15, 0.2) is 24.4 Å². The number of sulfonamides is 1. The van der Waals surface area contributed by atoms with Crippen LogP contribution in [0.5, 0.6) is 0 Å². The van der Waals surface area contributed by atoms with E-state index in [9.17, 15) is 13.2 Å². The number of hydrogen-bond donors (Lipinski definition) is 1. The Balaban J connectivity index is 1.93. The summed E-state index contributed by atoms with van der Waals surface area (Å²) in [5.41, 5.74) is 3.30. The van der Waals surface area contributed by atoms with Crippen LogP contribution in [0.25, 0.3) is 21.8 Å². The van der Waals surface area contributed by atoms with E-state index in [1.807, 2.05) is 19.1 Å². The highest BCUT2D eigenvalue weighted by Gasteiger charge is 2.29. The smallest absolute Gasteiger partial charge is 0.357 e. The van der Waals surface area contributed by atoms with Crippen molar-refractivity contribution in [2.45, 2.75) is 20.3 Å². The van der Waals surface area contributed by atoms with Gasteiger partial charge in [0, 0.05) is 22.8 Å². The Morgan fingerprint density at radius 3 is 2.85 bits per heavy atom. The molecule has 0 bridgehead atoms. The third-order valence-corrected chi connectivity index (χ3v) is 6.59. The average molecular weight is 373 g/mol. The standard InChI is InChI=1S/C18H19N3O4S/c1-3-25-18(22)17-11(2)16-13-9-12(21-7-4-8-26(21,23)24)5-6-14(13)20-15(16)10-19-17/h5-6,9-10,20H,3-4,7-8H2,1-2H3. The van der Waals surface area contributed by atoms with Crippen molar-refractivity contribution in [2.75, 3.05) is 23.2 Å². The van der Waals surface area contributed by atoms with Crippen LogP contribution < -0.4 is 4.31 Å². The van der Waals surface area contributed by atoms with Crippen LogP contribution in [0.3, 0.4) is 0 Å². The first-order chi connectivity index (χ1) is 12.4. The summed E-state index contributed by atoms with van der Waals surface area (Å²) in [6.45, 7) is 4.35. The van der Waals surface area contributed by atoms with Crippen LogP contribution in [0, 0.1) is 6.92 Å². The van der Waals surface area contributed by atoms with Crippen LogP contribution >= 0.6 is 0 Å². The van der Waals surface area contributed by atoms with E-state index >= 15 is 0 Å². The zero-order chi connectivity index (χ0) is 18.5. The summed E-state index contributed by atoms with van der Waals surface area (Å²) in [6.07, 6.45) is 2.24. The molecule has 0 saturated carbocycles. The molecular weight excluding hydrogens is 354 g/mol. The molecule has 1 N–H and O–H groups in total. The summed E-state index contributed by atoms with van der Waals surface area (Å²) < 4.78 is 31.0. The fraction of sp³-hybridized carbons (Fsp3) is 0.333. The second kappa shape index (κ2) is 5.98. The third kappa shape index (κ3) is 2.52. The molecular formula is C18H19N3O4S. The van der Waals surface area contributed by atoms with Gasteiger partial charge < -0.3 is 9.72 Å². The topological polar surface area (TPSA) is 92.4 Å². The zero-order valence-corrected chi connectivity index (χ0v) is 15.4. The number of carbonyl (C=O) groups excluding carboxylic acids is 1. The van der Waals surface area contributed by atoms with Crippen molar-refractivity contribution in [3.63, 3.8) is 0 Å². The number of esters is 1. The number of H-pyrrole nitrogens is 1. The molecule has 1 saturated heterocycles. The number of aromatic nitrogens is 2. The van der Waals surface area contributed by atoms with E-state index in [0.717, 1.165) is 21.8 Å². The molecule has 26 heavy (non-hydrogen) atoms. The second-order valence-electron chi connectivity index (χ2n) is 6.34. The molecule has 136 valence electrons. The number of hydrogen-bond acceptors (Lipinski definition) is 5. The Morgan fingerprint density at radius 1 is 1.35 bits per heavy atom. The van der Waals surface area contributed by atoms with Crippen molar-refractivity contribution in [3.8, 4) is 0 Å². The molecule has 0 aliphatic carbocycles. The molecule has 0 amide bonds. The van der Waals surface area contributed by atoms with Gasteiger partial charge in [0.05, 0.1) is 29.8 Å². The average Bonchev–Trinajstić information content (AvgIpc) is 3.14. The van der Waals surface area contributed by atoms with Gasteiger partial charge in [-0.05, 0) is 44.0 Å². The van der Waals surface area contributed by atoms with Gasteiger partial charge in [-0.25, -0.2) is 18.2 Å². The number of aromatic amines is 1. The Morgan fingerprint density at radius 2 is 2.15 bits per heavy atom. The largest absolute Gasteiger partial charge is 0.461 e. The number of carbonyl (C=O) groups is 1. The van der Waals surface area contributed by atoms with Crippen molar-refractivity contribution in [2.24, 2.45) is 0 Å². The molecule has 0 spiro atoms. The molecule has 4 rings (SSSR count). The molecule has 1 aliphatic rings. The van der Waals surface area contributed by atoms with Crippen molar-refractivity contribution in [1.29, 1.82) is 0 Å². The summed E-state index contributed by atoms with van der Waals surface area (Å²) >= 11 is 0. The number of anilines is 1. The van der Waals surface area contributed by atoms with Gasteiger partial charge in [0.1, 0.15) is 0 Å². The summed E-state index contributed by atoms with van der Waals surface area (Å²) in [6, 6.07) is 5.52. The van der Waals surface area contributed by atoms with E-state index in [1.165, 1.54) is 4.31 Å². The fourth-order valence-corrected chi connectivity index (χ4v) is 5.09. The zero-order valence-electron chi connectivity index (χ0n) is 14.6. The van der Waals surface area contributed by atoms with E-state index in [1.54, 1.807) is 19.2 Å². The van der Waals surface area contributed by atoms with Gasteiger partial charge in [-0.15, -0.1) is 0 Å². The highest BCUT2D eigenvalue weighted by Crippen LogP contribution is 2.33. The minimum absolute atomic E-state index is 0.175. The normalized spacial score (nSPS) is 16.5. The van der Waals surface area contributed by atoms with Gasteiger partial charge in [-0.1, -0.05) is 0 Å². The maximum Gasteiger partial charge on any atom is 0.357 e. The lowest BCUT2D eigenvalue weighted by Gasteiger charge is -2.16. The molecule has 3 heterocycles. The van der Waals surface area contributed by atoms with Crippen LogP contribution in [-0.4, -0.2) is 43.3 Å². The molecule has 1 aromatic carbocycles. The summed E-state index contributed by atoms with van der Waals surface area (Å²) in [4.78, 5) is 19.6. The maximum absolute atomic E-state index is 12.2. The Labute approximate surface area is 151 Å². The molecule has 3 aromatic rings. The predicted octanol–water partition coefficient (Wildman–Crippen LogP) is 2.74. The monoisotopic (exact) mass is 373 g/mol. The van der Waals surface area contributed by atoms with Crippen molar-refractivity contribution in [1.82, 2.24) is 9.97 Å². The van der Waals surface area contributed by atoms with Gasteiger partial charge in [0.25, 0.3) is 0 Å². The molecule has 0 radical (unpaired) electrons. The molecule has 1 fully saturated rings. The van der Waals surface area contributed by atoms with Crippen LogP contribution in [0.2, 0.25) is 0 Å². The minimum Gasteiger partial charge on any atom is -0.461 e. The van der Waals surface area contributed by atoms with Crippen molar-refractivity contribution >= 4 is 43.5 Å². The summed E-state index contributed by atoms with van der Waals surface area (Å²) in [5, 5.41) is 1.72. The van der Waals surface area contributed by atoms with Gasteiger partial charge in [-0.3, -0.25) is 4.31 Å². The second-order valence-corrected chi connectivity index (χ2v) is 8.35. The highest BCUT2D eigenvalue weighted by molar-refractivity contribution is 7.93. The molecule has 0 atom stereocenters. The predicted molar refractivity (Wildman–Crippen MR) is 100 cm³/mol. The van der Waals surface area contributed by atoms with E-state index in [0.29, 0.717) is 24.2 Å². The SMILES string of the molecule is CCOC(=O)c1ncc2[nH]c3ccc(N4CCCS4(=O)=O)cc3c2c1C. The number of ether oxygens (including phenoxy) is 1. The molecule has 0 unspecified atom stereocenters. The number of benzene rings is 1. The Kier molecular flexibility index (Phi) is 3.87. The summed E-state index contributed by atoms with van der Waals surface area (Å²) in [7, 11) is -3.25. The van der Waals surface area contributed by atoms with Gasteiger partial charge in [0.2, 0.25) is 10.0 Å². The minimum atomic E-state index is -3.25. The number of nitrogens with zero attached hydrogens (tertiary/aromatic N) is 2. The first kappa shape index (κ1) is 16.8. The van der Waals surface area contributed by atoms with E-state index in [-0.39, 0.29) is 18.1 Å². The van der Waals surface area contributed by atoms with E-state index in [2.05, 4.69) is 9.97 Å². The molecule has 1 aliphatic heterocycles. The Hall–Kier alpha value is -2.61. The maximum atomic E-state index is 12.2. The fourth-order valence-electron chi connectivity index (χ4n) is 3.54. The lowest BCUT2D eigenvalue weighted by atomic mass is 10.1. The molecule has 8 heteroatoms. The molecule has 7 nitrogen and oxygen atoms in total. The highest BCUT2D eigenvalue weighted by atomic mass is 32.2. The number of nitrogens with one attached hydrogen (secondary N) is 1. The number of rotatable bonds is 3. The lowest BCUT2D eigenvalue weighted by Crippen LogP contribution is -2.24. The number of fused-ring (bicyclic) bond motifs is 3. The Bertz CT molecular complexity index is 1130. The van der Waals surface area contributed by atoms with Gasteiger partial charge in [-0.2, -0.15) is 0 Å². The van der Waals surface area contributed by atoms with Crippen LogP contribution in [0.1, 0.15) is 29.4 Å². The van der Waals surface area contributed by atoms with Crippen molar-refractivity contribution in [3.05, 3.63) is 35.7 Å². The van der Waals surface area contributed by atoms with Crippen molar-refractivity contribution < 1.29 is 17.9 Å². The number of aryl methyl sites for hydroxylation is 1. The van der Waals surface area contributed by atoms with Gasteiger partial charge in [0.15, 0.2) is 5.69 Å². The van der Waals surface area contributed by atoms with Crippen LogP contribution in [0.4, 0.5) is 5.69 Å². The lowest BCUT2D eigenvalue weighted by molar-refractivity contribution is 0.0519. The quantitative estimate of drug-likeness (QED) is 0.713. The van der Waals surface area contributed by atoms with Crippen LogP contribution in [-0.2, 0) is 14.8 Å². The summed E-state index contributed by atoms with van der Waals surface area (Å²) in [5.74, 6) is -0.283. The van der Waals surface area contributed by atoms with E-state index in [4.69, 9.17) is 4.74 Å².